The fourth-order valence-electron chi connectivity index (χ4n) is 2.83. The van der Waals surface area contributed by atoms with Crippen LogP contribution >= 0.6 is 23.1 Å². The number of benzene rings is 2. The molecule has 2 aromatic heterocycles. The fourth-order valence-corrected chi connectivity index (χ4v) is 4.76. The number of fused-ring (bicyclic) bond motifs is 2. The van der Waals surface area contributed by atoms with Crippen molar-refractivity contribution in [2.45, 2.75) is 13.1 Å². The van der Waals surface area contributed by atoms with Crippen LogP contribution in [0.4, 0.5) is 0 Å². The van der Waals surface area contributed by atoms with Gasteiger partial charge in [0.2, 0.25) is 0 Å². The molecule has 4 aromatic rings. The minimum Gasteiger partial charge on any atom is -0.497 e. The average Bonchev–Trinajstić information content (AvgIpc) is 3.16. The maximum Gasteiger partial charge on any atom is 0.268 e. The molecule has 0 bridgehead atoms. The van der Waals surface area contributed by atoms with Crippen LogP contribution in [0.2, 0.25) is 0 Å². The van der Waals surface area contributed by atoms with E-state index < -0.39 is 0 Å². The molecule has 0 fully saturated rings. The van der Waals surface area contributed by atoms with Crippen molar-refractivity contribution in [3.05, 3.63) is 57.1 Å². The van der Waals surface area contributed by atoms with Crippen LogP contribution in [0.15, 0.2) is 46.0 Å². The molecule has 0 saturated heterocycles. The summed E-state index contributed by atoms with van der Waals surface area (Å²) in [6.45, 7) is 0.898. The van der Waals surface area contributed by atoms with E-state index in [0.717, 1.165) is 9.40 Å². The Morgan fingerprint density at radius 1 is 0.769 bits per heavy atom. The number of rotatable bonds is 5. The van der Waals surface area contributed by atoms with Gasteiger partial charge in [-0.1, -0.05) is 23.1 Å². The van der Waals surface area contributed by atoms with Gasteiger partial charge in [-0.2, -0.15) is 0 Å². The van der Waals surface area contributed by atoms with E-state index in [1.807, 2.05) is 24.3 Å². The second-order valence-electron chi connectivity index (χ2n) is 5.72. The molecule has 0 spiro atoms. The van der Waals surface area contributed by atoms with Gasteiger partial charge in [0.15, 0.2) is 0 Å². The second-order valence-corrected chi connectivity index (χ2v) is 7.85. The number of ether oxygens (including phenoxy) is 2. The van der Waals surface area contributed by atoms with Crippen molar-refractivity contribution in [2.24, 2.45) is 0 Å². The highest BCUT2D eigenvalue weighted by atomic mass is 32.1. The summed E-state index contributed by atoms with van der Waals surface area (Å²) in [5.74, 6) is 1.32. The molecule has 0 N–H and O–H groups in total. The molecule has 6 nitrogen and oxygen atoms in total. The monoisotopic (exact) mass is 388 g/mol. The predicted octanol–water partition coefficient (Wildman–Crippen LogP) is 3.16. The summed E-state index contributed by atoms with van der Waals surface area (Å²) in [7, 11) is 3.16. The zero-order valence-corrected chi connectivity index (χ0v) is 15.9. The van der Waals surface area contributed by atoms with E-state index >= 15 is 0 Å². The molecule has 0 radical (unpaired) electrons. The summed E-state index contributed by atoms with van der Waals surface area (Å²) in [5, 5.41) is 1.28. The highest BCUT2D eigenvalue weighted by Gasteiger charge is 2.12. The quantitative estimate of drug-likeness (QED) is 0.527. The van der Waals surface area contributed by atoms with Gasteiger partial charge in [-0.25, -0.2) is 0 Å². The number of hydrogen-bond acceptors (Lipinski definition) is 6. The summed E-state index contributed by atoms with van der Waals surface area (Å²) in [6, 6.07) is 11.0. The molecule has 0 amide bonds. The van der Waals surface area contributed by atoms with E-state index in [2.05, 4.69) is 0 Å². The van der Waals surface area contributed by atoms with E-state index in [9.17, 15) is 9.59 Å². The summed E-state index contributed by atoms with van der Waals surface area (Å²) in [5.41, 5.74) is -0.112. The fraction of sp³-hybridized carbons (Fsp3) is 0.222. The lowest BCUT2D eigenvalue weighted by Gasteiger charge is -2.00. The van der Waals surface area contributed by atoms with Crippen LogP contribution in [0.5, 0.6) is 11.5 Å². The first-order valence-electron chi connectivity index (χ1n) is 7.96. The summed E-state index contributed by atoms with van der Waals surface area (Å²) < 4.78 is 15.6. The van der Waals surface area contributed by atoms with Crippen molar-refractivity contribution in [3.8, 4) is 11.5 Å². The minimum atomic E-state index is -0.0558. The Kier molecular flexibility index (Phi) is 4.29. The van der Waals surface area contributed by atoms with E-state index in [0.29, 0.717) is 35.4 Å². The van der Waals surface area contributed by atoms with Crippen molar-refractivity contribution in [1.82, 2.24) is 7.91 Å². The van der Waals surface area contributed by atoms with Crippen molar-refractivity contribution in [3.63, 3.8) is 0 Å². The Hall–Kier alpha value is -2.58. The topological polar surface area (TPSA) is 62.5 Å². The van der Waals surface area contributed by atoms with Crippen LogP contribution in [0.1, 0.15) is 0 Å². The van der Waals surface area contributed by atoms with E-state index in [-0.39, 0.29) is 11.1 Å². The van der Waals surface area contributed by atoms with Crippen molar-refractivity contribution in [1.29, 1.82) is 0 Å². The molecule has 0 unspecified atom stereocenters. The molecule has 2 aromatic carbocycles. The van der Waals surface area contributed by atoms with Gasteiger partial charge in [-0.15, -0.1) is 0 Å². The Bertz CT molecular complexity index is 1120. The van der Waals surface area contributed by atoms with Crippen LogP contribution < -0.4 is 20.6 Å². The molecule has 0 aliphatic heterocycles. The number of methoxy groups -OCH3 is 2. The summed E-state index contributed by atoms with van der Waals surface area (Å²) >= 11 is 2.80. The van der Waals surface area contributed by atoms with Gasteiger partial charge < -0.3 is 9.47 Å². The molecule has 134 valence electrons. The Morgan fingerprint density at radius 3 is 1.58 bits per heavy atom. The van der Waals surface area contributed by atoms with E-state index in [1.54, 1.807) is 34.3 Å². The Balaban J connectivity index is 1.65. The highest BCUT2D eigenvalue weighted by molar-refractivity contribution is 7.14. The first-order valence-corrected chi connectivity index (χ1v) is 9.51. The molecule has 26 heavy (non-hydrogen) atoms. The lowest BCUT2D eigenvalue weighted by atomic mass is 10.2. The average molecular weight is 388 g/mol. The molecule has 0 atom stereocenters. The smallest absolute Gasteiger partial charge is 0.268 e. The maximum atomic E-state index is 12.6. The number of aryl methyl sites for hydroxylation is 2. The number of nitrogens with zero attached hydrogens (tertiary/aromatic N) is 2. The maximum absolute atomic E-state index is 12.6. The molecule has 4 rings (SSSR count). The molecule has 0 aliphatic carbocycles. The van der Waals surface area contributed by atoms with Gasteiger partial charge in [0.25, 0.3) is 11.1 Å². The molecule has 2 heterocycles. The van der Waals surface area contributed by atoms with Crippen LogP contribution in [0.3, 0.4) is 0 Å². The van der Waals surface area contributed by atoms with Crippen LogP contribution in [-0.2, 0) is 13.1 Å². The third-order valence-corrected chi connectivity index (χ3v) is 6.45. The molecule has 0 saturated carbocycles. The van der Waals surface area contributed by atoms with Gasteiger partial charge in [0.1, 0.15) is 11.5 Å². The zero-order valence-electron chi connectivity index (χ0n) is 14.2. The predicted molar refractivity (Wildman–Crippen MR) is 105 cm³/mol. The van der Waals surface area contributed by atoms with Crippen molar-refractivity contribution >= 4 is 43.2 Å². The lowest BCUT2D eigenvalue weighted by Crippen LogP contribution is -2.20. The van der Waals surface area contributed by atoms with E-state index in [1.165, 1.54) is 23.1 Å². The third-order valence-electron chi connectivity index (χ3n) is 4.21. The van der Waals surface area contributed by atoms with Crippen LogP contribution in [-0.4, -0.2) is 22.1 Å². The molecular weight excluding hydrogens is 372 g/mol. The van der Waals surface area contributed by atoms with Gasteiger partial charge in [0, 0.05) is 0 Å². The Morgan fingerprint density at radius 2 is 1.19 bits per heavy atom. The van der Waals surface area contributed by atoms with Crippen molar-refractivity contribution < 1.29 is 9.47 Å². The first-order chi connectivity index (χ1) is 12.6. The lowest BCUT2D eigenvalue weighted by molar-refractivity contribution is 0.415. The largest absolute Gasteiger partial charge is 0.497 e. The normalized spacial score (nSPS) is 11.3. The number of hydrogen-bond donors (Lipinski definition) is 0. The minimum absolute atomic E-state index is 0.0558. The van der Waals surface area contributed by atoms with Crippen molar-refractivity contribution in [2.75, 3.05) is 14.2 Å². The third kappa shape index (κ3) is 2.81. The summed E-state index contributed by atoms with van der Waals surface area (Å²) in [4.78, 5) is 25.2. The molecule has 0 aliphatic rings. The van der Waals surface area contributed by atoms with Gasteiger partial charge in [-0.3, -0.25) is 17.5 Å². The Labute approximate surface area is 156 Å². The standard InChI is InChI=1S/C18H16N2O4S2/c1-23-11-3-5-15-13(9-11)17(21)19(25-15)7-8-20-18(22)14-10-12(24-2)4-6-16(14)26-20/h3-6,9-10H,7-8H2,1-2H3. The molecule has 8 heteroatoms. The molecular formula is C18H16N2O4S2. The van der Waals surface area contributed by atoms with Crippen LogP contribution in [0.25, 0.3) is 20.2 Å². The van der Waals surface area contributed by atoms with Gasteiger partial charge in [0.05, 0.1) is 47.5 Å². The highest BCUT2D eigenvalue weighted by Crippen LogP contribution is 2.24. The summed E-state index contributed by atoms with van der Waals surface area (Å²) in [6.07, 6.45) is 0. The zero-order chi connectivity index (χ0) is 18.3. The number of aromatic nitrogens is 2. The first kappa shape index (κ1) is 16.9. The van der Waals surface area contributed by atoms with E-state index in [4.69, 9.17) is 9.47 Å². The van der Waals surface area contributed by atoms with Gasteiger partial charge in [-0.05, 0) is 36.4 Å². The van der Waals surface area contributed by atoms with Gasteiger partial charge >= 0.3 is 0 Å². The van der Waals surface area contributed by atoms with Crippen LogP contribution in [0, 0.1) is 0 Å². The SMILES string of the molecule is COc1ccc2sn(CCn3sc4ccc(OC)cc4c3=O)c(=O)c2c1. The second kappa shape index (κ2) is 6.62.